The van der Waals surface area contributed by atoms with Crippen LogP contribution in [0.2, 0.25) is 0 Å². The van der Waals surface area contributed by atoms with E-state index in [4.69, 9.17) is 0 Å². The zero-order chi connectivity index (χ0) is 26.2. The third kappa shape index (κ3) is 4.24. The van der Waals surface area contributed by atoms with Crippen LogP contribution in [0.15, 0.2) is 126 Å². The summed E-state index contributed by atoms with van der Waals surface area (Å²) in [6.07, 6.45) is 1.58. The van der Waals surface area contributed by atoms with Crippen LogP contribution in [0.3, 0.4) is 0 Å². The minimum atomic E-state index is -0.455. The average Bonchev–Trinajstić information content (AvgIpc) is 2.92. The molecule has 5 heteroatoms. The predicted octanol–water partition coefficient (Wildman–Crippen LogP) is 7.61. The van der Waals surface area contributed by atoms with E-state index >= 15 is 0 Å². The lowest BCUT2D eigenvalue weighted by Gasteiger charge is -2.32. The van der Waals surface area contributed by atoms with Gasteiger partial charge in [-0.05, 0) is 76.0 Å². The first-order valence-electron chi connectivity index (χ1n) is 12.5. The number of aliphatic hydroxyl groups excluding tert-OH is 1. The van der Waals surface area contributed by atoms with Crippen molar-refractivity contribution in [3.05, 3.63) is 137 Å². The maximum Gasteiger partial charge on any atom is 0.254 e. The maximum absolute atomic E-state index is 14.1. The molecule has 4 N–H and O–H groups in total. The first-order chi connectivity index (χ1) is 18.5. The summed E-state index contributed by atoms with van der Waals surface area (Å²) in [7, 11) is 0. The molecule has 0 aliphatic carbocycles. The lowest BCUT2D eigenvalue weighted by molar-refractivity contribution is -0.113. The SMILES string of the molecule is C/C(O)=C\C1=C(C(=O)Nc2ccc3ccccc3c2)C(c2ccc(O)cc2)c2c(ccc3ccccc23)N1. The van der Waals surface area contributed by atoms with Crippen molar-refractivity contribution in [2.75, 3.05) is 10.6 Å². The smallest absolute Gasteiger partial charge is 0.254 e. The molecule has 5 nitrogen and oxygen atoms in total. The Bertz CT molecular complexity index is 1760. The number of rotatable bonds is 4. The minimum absolute atomic E-state index is 0.0807. The molecular formula is C33H26N2O3. The van der Waals surface area contributed by atoms with Crippen LogP contribution in [0.1, 0.15) is 24.0 Å². The van der Waals surface area contributed by atoms with E-state index in [2.05, 4.69) is 22.8 Å². The van der Waals surface area contributed by atoms with Gasteiger partial charge in [0.1, 0.15) is 5.75 Å². The van der Waals surface area contributed by atoms with Crippen LogP contribution in [-0.4, -0.2) is 16.1 Å². The van der Waals surface area contributed by atoms with Crippen molar-refractivity contribution in [3.8, 4) is 5.75 Å². The number of allylic oxidation sites excluding steroid dienone is 2. The van der Waals surface area contributed by atoms with E-state index in [9.17, 15) is 15.0 Å². The third-order valence-electron chi connectivity index (χ3n) is 6.94. The third-order valence-corrected chi connectivity index (χ3v) is 6.94. The highest BCUT2D eigenvalue weighted by atomic mass is 16.3. The Labute approximate surface area is 220 Å². The fourth-order valence-electron chi connectivity index (χ4n) is 5.27. The van der Waals surface area contributed by atoms with E-state index in [-0.39, 0.29) is 17.4 Å². The Kier molecular flexibility index (Phi) is 5.81. The van der Waals surface area contributed by atoms with Crippen LogP contribution in [0.25, 0.3) is 21.5 Å². The van der Waals surface area contributed by atoms with Gasteiger partial charge in [0.15, 0.2) is 0 Å². The van der Waals surface area contributed by atoms with Gasteiger partial charge in [-0.25, -0.2) is 0 Å². The number of phenolic OH excluding ortho intramolecular Hbond substituents is 1. The van der Waals surface area contributed by atoms with Crippen molar-refractivity contribution in [1.82, 2.24) is 0 Å². The normalized spacial score (nSPS) is 15.3. The van der Waals surface area contributed by atoms with Gasteiger partial charge in [0.2, 0.25) is 0 Å². The van der Waals surface area contributed by atoms with Crippen LogP contribution in [-0.2, 0) is 4.79 Å². The highest BCUT2D eigenvalue weighted by Crippen LogP contribution is 2.46. The van der Waals surface area contributed by atoms with Gasteiger partial charge in [0, 0.05) is 17.3 Å². The highest BCUT2D eigenvalue weighted by Gasteiger charge is 2.34. The van der Waals surface area contributed by atoms with Gasteiger partial charge in [0.05, 0.1) is 17.0 Å². The van der Waals surface area contributed by atoms with Crippen molar-refractivity contribution in [3.63, 3.8) is 0 Å². The van der Waals surface area contributed by atoms with E-state index in [1.54, 1.807) is 25.1 Å². The monoisotopic (exact) mass is 498 g/mol. The van der Waals surface area contributed by atoms with Crippen molar-refractivity contribution >= 4 is 38.8 Å². The topological polar surface area (TPSA) is 81.6 Å². The van der Waals surface area contributed by atoms with E-state index in [0.717, 1.165) is 38.4 Å². The molecule has 0 aromatic heterocycles. The molecule has 38 heavy (non-hydrogen) atoms. The lowest BCUT2D eigenvalue weighted by Crippen LogP contribution is -2.27. The van der Waals surface area contributed by atoms with Gasteiger partial charge in [-0.15, -0.1) is 0 Å². The molecule has 1 aliphatic heterocycles. The van der Waals surface area contributed by atoms with Crippen LogP contribution >= 0.6 is 0 Å². The van der Waals surface area contributed by atoms with Crippen molar-refractivity contribution < 1.29 is 15.0 Å². The minimum Gasteiger partial charge on any atom is -0.513 e. The number of carbonyl (C=O) groups excluding carboxylic acids is 1. The first-order valence-corrected chi connectivity index (χ1v) is 12.5. The molecule has 0 spiro atoms. The molecule has 186 valence electrons. The number of aliphatic hydroxyl groups is 1. The number of aromatic hydroxyl groups is 1. The second-order valence-corrected chi connectivity index (χ2v) is 9.53. The zero-order valence-corrected chi connectivity index (χ0v) is 20.8. The van der Waals surface area contributed by atoms with Crippen molar-refractivity contribution in [1.29, 1.82) is 0 Å². The van der Waals surface area contributed by atoms with Gasteiger partial charge in [0.25, 0.3) is 5.91 Å². The Morgan fingerprint density at radius 1 is 0.842 bits per heavy atom. The summed E-state index contributed by atoms with van der Waals surface area (Å²) in [5.74, 6) is -0.503. The molecule has 5 aromatic rings. The van der Waals surface area contributed by atoms with Gasteiger partial charge >= 0.3 is 0 Å². The molecule has 1 atom stereocenters. The van der Waals surface area contributed by atoms with Crippen molar-refractivity contribution in [2.24, 2.45) is 0 Å². The molecule has 1 unspecified atom stereocenters. The van der Waals surface area contributed by atoms with E-state index < -0.39 is 5.92 Å². The van der Waals surface area contributed by atoms with Gasteiger partial charge in [-0.1, -0.05) is 72.8 Å². The van der Waals surface area contributed by atoms with Crippen LogP contribution in [0.5, 0.6) is 5.75 Å². The Morgan fingerprint density at radius 3 is 2.29 bits per heavy atom. The molecule has 0 bridgehead atoms. The number of benzene rings is 5. The first kappa shape index (κ1) is 23.4. The maximum atomic E-state index is 14.1. The van der Waals surface area contributed by atoms with Crippen LogP contribution in [0.4, 0.5) is 11.4 Å². The summed E-state index contributed by atoms with van der Waals surface area (Å²) < 4.78 is 0. The molecule has 6 rings (SSSR count). The number of carbonyl (C=O) groups is 1. The average molecular weight is 499 g/mol. The molecule has 0 radical (unpaired) electrons. The zero-order valence-electron chi connectivity index (χ0n) is 20.8. The Balaban J connectivity index is 1.55. The fourth-order valence-corrected chi connectivity index (χ4v) is 5.27. The second kappa shape index (κ2) is 9.45. The number of amides is 1. The largest absolute Gasteiger partial charge is 0.513 e. The summed E-state index contributed by atoms with van der Waals surface area (Å²) in [6.45, 7) is 1.58. The summed E-state index contributed by atoms with van der Waals surface area (Å²) in [5, 5.41) is 31.0. The number of fused-ring (bicyclic) bond motifs is 4. The number of hydrogen-bond acceptors (Lipinski definition) is 4. The summed E-state index contributed by atoms with van der Waals surface area (Å²) in [4.78, 5) is 14.1. The van der Waals surface area contributed by atoms with E-state index in [1.165, 1.54) is 0 Å². The summed E-state index contributed by atoms with van der Waals surface area (Å²) in [6, 6.07) is 32.9. The standard InChI is InChI=1S/C33H26N2O3/c1-20(36)18-29-32(33(38)34-25-14-10-21-6-2-3-8-24(21)19-25)30(23-11-15-26(37)16-12-23)31-27-9-5-4-7-22(27)13-17-28(31)35-29/h2-19,30,35-37H,1H3,(H,34,38)/b20-18+. The van der Waals surface area contributed by atoms with E-state index in [0.29, 0.717) is 17.0 Å². The molecule has 0 saturated heterocycles. The second-order valence-electron chi connectivity index (χ2n) is 9.53. The van der Waals surface area contributed by atoms with E-state index in [1.807, 2.05) is 78.9 Å². The van der Waals surface area contributed by atoms with Crippen molar-refractivity contribution in [2.45, 2.75) is 12.8 Å². The summed E-state index contributed by atoms with van der Waals surface area (Å²) in [5.41, 5.74) is 4.34. The predicted molar refractivity (Wildman–Crippen MR) is 154 cm³/mol. The summed E-state index contributed by atoms with van der Waals surface area (Å²) >= 11 is 0. The number of anilines is 2. The molecule has 0 fully saturated rings. The van der Waals surface area contributed by atoms with Gasteiger partial charge < -0.3 is 20.8 Å². The van der Waals surface area contributed by atoms with Gasteiger partial charge in [-0.2, -0.15) is 0 Å². The molecule has 5 aromatic carbocycles. The molecule has 1 aliphatic rings. The lowest BCUT2D eigenvalue weighted by atomic mass is 9.78. The molecule has 1 heterocycles. The number of phenols is 1. The van der Waals surface area contributed by atoms with Crippen LogP contribution < -0.4 is 10.6 Å². The van der Waals surface area contributed by atoms with Gasteiger partial charge in [-0.3, -0.25) is 4.79 Å². The highest BCUT2D eigenvalue weighted by molar-refractivity contribution is 6.09. The van der Waals surface area contributed by atoms with Crippen LogP contribution in [0, 0.1) is 0 Å². The fraction of sp³-hybridized carbons (Fsp3) is 0.0606. The molecular weight excluding hydrogens is 472 g/mol. The molecule has 1 amide bonds. The molecule has 0 saturated carbocycles. The Morgan fingerprint density at radius 2 is 1.53 bits per heavy atom. The number of nitrogens with one attached hydrogen (secondary N) is 2. The Hall–Kier alpha value is -5.03. The quantitative estimate of drug-likeness (QED) is 0.192. The number of hydrogen-bond donors (Lipinski definition) is 4.